The van der Waals surface area contributed by atoms with Gasteiger partial charge in [0.1, 0.15) is 10.7 Å². The zero-order valence-electron chi connectivity index (χ0n) is 14.3. The maximum atomic E-state index is 13.7. The molecule has 0 aliphatic carbocycles. The number of carbonyl (C=O) groups excluding carboxylic acids is 2. The van der Waals surface area contributed by atoms with Crippen LogP contribution in [-0.2, 0) is 19.4 Å². The van der Waals surface area contributed by atoms with Gasteiger partial charge in [-0.2, -0.15) is 0 Å². The van der Waals surface area contributed by atoms with E-state index in [1.165, 1.54) is 31.0 Å². The van der Waals surface area contributed by atoms with Crippen molar-refractivity contribution in [2.24, 2.45) is 0 Å². The van der Waals surface area contributed by atoms with Gasteiger partial charge in [-0.15, -0.1) is 11.3 Å². The smallest absolute Gasteiger partial charge is 0.349 e. The van der Waals surface area contributed by atoms with E-state index in [2.05, 4.69) is 0 Å². The fraction of sp³-hybridized carbons (Fsp3) is 0.412. The molecule has 9 heteroatoms. The van der Waals surface area contributed by atoms with Gasteiger partial charge in [0.2, 0.25) is 0 Å². The first-order chi connectivity index (χ1) is 12.2. The Morgan fingerprint density at radius 2 is 2.12 bits per heavy atom. The quantitative estimate of drug-likeness (QED) is 0.737. The van der Waals surface area contributed by atoms with E-state index in [0.717, 1.165) is 11.3 Å². The summed E-state index contributed by atoms with van der Waals surface area (Å²) in [5.41, 5.74) is 0. The Hall–Kier alpha value is -2.00. The molecule has 1 aliphatic heterocycles. The summed E-state index contributed by atoms with van der Waals surface area (Å²) in [5.74, 6) is -1.63. The highest BCUT2D eigenvalue weighted by Crippen LogP contribution is 2.28. The maximum Gasteiger partial charge on any atom is 0.349 e. The number of ether oxygens (including phenoxy) is 1. The van der Waals surface area contributed by atoms with E-state index >= 15 is 0 Å². The van der Waals surface area contributed by atoms with Crippen molar-refractivity contribution >= 4 is 43.1 Å². The SMILES string of the molecule is C[C@H](OC(=O)c1cc2c(F)cccc2s1)C(=O)N(C)[C@@H]1CCS(=O)(=O)C1. The lowest BCUT2D eigenvalue weighted by molar-refractivity contribution is -0.140. The number of amides is 1. The number of rotatable bonds is 4. The molecular formula is C17H18FNO5S2. The van der Waals surface area contributed by atoms with E-state index in [4.69, 9.17) is 4.74 Å². The summed E-state index contributed by atoms with van der Waals surface area (Å²) in [7, 11) is -1.61. The number of halogens is 1. The van der Waals surface area contributed by atoms with Crippen LogP contribution >= 0.6 is 11.3 Å². The largest absolute Gasteiger partial charge is 0.448 e. The van der Waals surface area contributed by atoms with Crippen LogP contribution in [-0.4, -0.2) is 55.9 Å². The van der Waals surface area contributed by atoms with Gasteiger partial charge in [-0.3, -0.25) is 4.79 Å². The highest BCUT2D eigenvalue weighted by atomic mass is 32.2. The molecule has 2 aromatic rings. The predicted molar refractivity (Wildman–Crippen MR) is 96.5 cm³/mol. The first-order valence-electron chi connectivity index (χ1n) is 8.04. The summed E-state index contributed by atoms with van der Waals surface area (Å²) in [5, 5.41) is 0.330. The van der Waals surface area contributed by atoms with Crippen molar-refractivity contribution in [3.63, 3.8) is 0 Å². The normalized spacial score (nSPS) is 20.0. The minimum atomic E-state index is -3.12. The van der Waals surface area contributed by atoms with Crippen molar-refractivity contribution in [3.05, 3.63) is 35.0 Å². The maximum absolute atomic E-state index is 13.7. The van der Waals surface area contributed by atoms with Gasteiger partial charge in [-0.1, -0.05) is 6.07 Å². The van der Waals surface area contributed by atoms with Crippen LogP contribution in [0, 0.1) is 5.82 Å². The summed E-state index contributed by atoms with van der Waals surface area (Å²) in [4.78, 5) is 26.2. The molecule has 0 radical (unpaired) electrons. The molecule has 0 bridgehead atoms. The van der Waals surface area contributed by atoms with E-state index < -0.39 is 39.7 Å². The van der Waals surface area contributed by atoms with Crippen LogP contribution in [0.5, 0.6) is 0 Å². The van der Waals surface area contributed by atoms with Gasteiger partial charge in [0.25, 0.3) is 5.91 Å². The predicted octanol–water partition coefficient (Wildman–Crippen LogP) is 2.23. The lowest BCUT2D eigenvalue weighted by atomic mass is 10.2. The number of nitrogens with zero attached hydrogens (tertiary/aromatic N) is 1. The molecule has 1 aromatic heterocycles. The van der Waals surface area contributed by atoms with Gasteiger partial charge < -0.3 is 9.64 Å². The summed E-state index contributed by atoms with van der Waals surface area (Å²) in [6, 6.07) is 5.55. The lowest BCUT2D eigenvalue weighted by Gasteiger charge is -2.26. The van der Waals surface area contributed by atoms with Crippen LogP contribution in [0.1, 0.15) is 23.0 Å². The molecule has 1 amide bonds. The second-order valence-electron chi connectivity index (χ2n) is 6.32. The van der Waals surface area contributed by atoms with E-state index in [1.54, 1.807) is 12.1 Å². The van der Waals surface area contributed by atoms with Gasteiger partial charge in [-0.25, -0.2) is 17.6 Å². The Morgan fingerprint density at radius 3 is 2.73 bits per heavy atom. The molecule has 0 spiro atoms. The van der Waals surface area contributed by atoms with E-state index in [9.17, 15) is 22.4 Å². The average molecular weight is 399 g/mol. The number of sulfone groups is 1. The molecule has 0 unspecified atom stereocenters. The van der Waals surface area contributed by atoms with Crippen LogP contribution in [0.2, 0.25) is 0 Å². The van der Waals surface area contributed by atoms with E-state index in [1.807, 2.05) is 0 Å². The van der Waals surface area contributed by atoms with E-state index in [-0.39, 0.29) is 16.4 Å². The topological polar surface area (TPSA) is 80.8 Å². The highest BCUT2D eigenvalue weighted by Gasteiger charge is 2.35. The molecule has 140 valence electrons. The molecule has 1 aromatic carbocycles. The fourth-order valence-electron chi connectivity index (χ4n) is 2.94. The molecule has 1 fully saturated rings. The molecule has 2 atom stereocenters. The second-order valence-corrected chi connectivity index (χ2v) is 9.63. The van der Waals surface area contributed by atoms with Gasteiger partial charge in [0, 0.05) is 23.2 Å². The third-order valence-electron chi connectivity index (χ3n) is 4.44. The van der Waals surface area contributed by atoms with Gasteiger partial charge in [0.05, 0.1) is 11.5 Å². The number of thiophene rings is 1. The van der Waals surface area contributed by atoms with Gasteiger partial charge >= 0.3 is 5.97 Å². The number of carbonyl (C=O) groups is 2. The minimum Gasteiger partial charge on any atom is -0.448 e. The highest BCUT2D eigenvalue weighted by molar-refractivity contribution is 7.91. The number of benzene rings is 1. The third kappa shape index (κ3) is 3.73. The zero-order chi connectivity index (χ0) is 19.1. The zero-order valence-corrected chi connectivity index (χ0v) is 15.9. The Kier molecular flexibility index (Phi) is 5.03. The van der Waals surface area contributed by atoms with Crippen LogP contribution in [0.3, 0.4) is 0 Å². The standard InChI is InChI=1S/C17H18FNO5S2/c1-10(16(20)19(2)11-6-7-26(22,23)9-11)24-17(21)15-8-12-13(18)4-3-5-14(12)25-15/h3-5,8,10-11H,6-7,9H2,1-2H3/t10-,11+/m0/s1. The van der Waals surface area contributed by atoms with Crippen molar-refractivity contribution < 1.29 is 27.1 Å². The third-order valence-corrected chi connectivity index (χ3v) is 7.28. The van der Waals surface area contributed by atoms with Crippen LogP contribution in [0.4, 0.5) is 4.39 Å². The summed E-state index contributed by atoms with van der Waals surface area (Å²) in [6.45, 7) is 1.44. The molecule has 2 heterocycles. The molecule has 26 heavy (non-hydrogen) atoms. The summed E-state index contributed by atoms with van der Waals surface area (Å²) >= 11 is 1.09. The van der Waals surface area contributed by atoms with Crippen LogP contribution in [0.15, 0.2) is 24.3 Å². The number of esters is 1. The number of fused-ring (bicyclic) bond motifs is 1. The van der Waals surface area contributed by atoms with E-state index in [0.29, 0.717) is 16.5 Å². The Bertz CT molecular complexity index is 969. The van der Waals surface area contributed by atoms with Gasteiger partial charge in [0.15, 0.2) is 15.9 Å². The lowest BCUT2D eigenvalue weighted by Crippen LogP contribution is -2.44. The Balaban J connectivity index is 1.68. The summed E-state index contributed by atoms with van der Waals surface area (Å²) < 4.78 is 42.7. The van der Waals surface area contributed by atoms with Crippen molar-refractivity contribution in [2.75, 3.05) is 18.6 Å². The fourth-order valence-corrected chi connectivity index (χ4v) is 5.68. The minimum absolute atomic E-state index is 0.0524. The Labute approximate surface area is 154 Å². The number of hydrogen-bond donors (Lipinski definition) is 0. The first-order valence-corrected chi connectivity index (χ1v) is 10.7. The average Bonchev–Trinajstić information content (AvgIpc) is 3.17. The van der Waals surface area contributed by atoms with Crippen molar-refractivity contribution in [1.82, 2.24) is 4.90 Å². The van der Waals surface area contributed by atoms with Crippen LogP contribution < -0.4 is 0 Å². The Morgan fingerprint density at radius 1 is 1.38 bits per heavy atom. The van der Waals surface area contributed by atoms with Crippen molar-refractivity contribution in [2.45, 2.75) is 25.5 Å². The van der Waals surface area contributed by atoms with Crippen molar-refractivity contribution in [1.29, 1.82) is 0 Å². The monoisotopic (exact) mass is 399 g/mol. The van der Waals surface area contributed by atoms with Crippen molar-refractivity contribution in [3.8, 4) is 0 Å². The summed E-state index contributed by atoms with van der Waals surface area (Å²) in [6.07, 6.45) is -0.688. The first kappa shape index (κ1) is 18.8. The van der Waals surface area contributed by atoms with Crippen LogP contribution in [0.25, 0.3) is 10.1 Å². The number of likely N-dealkylation sites (N-methyl/N-ethyl adjacent to an activating group) is 1. The molecule has 3 rings (SSSR count). The van der Waals surface area contributed by atoms with Gasteiger partial charge in [-0.05, 0) is 31.5 Å². The number of hydrogen-bond acceptors (Lipinski definition) is 6. The second kappa shape index (κ2) is 6.96. The molecule has 0 saturated carbocycles. The molecular weight excluding hydrogens is 381 g/mol. The molecule has 0 N–H and O–H groups in total. The molecule has 6 nitrogen and oxygen atoms in total. The molecule has 1 aliphatic rings. The molecule has 1 saturated heterocycles.